The highest BCUT2D eigenvalue weighted by Crippen LogP contribution is 2.41. The molecule has 0 aromatic heterocycles. The number of hydrogen-bond acceptors (Lipinski definition) is 2. The van der Waals surface area contributed by atoms with E-state index in [1.807, 2.05) is 0 Å². The molecule has 1 aromatic carbocycles. The molecule has 1 heterocycles. The van der Waals surface area contributed by atoms with Crippen LogP contribution in [-0.4, -0.2) is 31.1 Å². The third-order valence-corrected chi connectivity index (χ3v) is 5.04. The van der Waals surface area contributed by atoms with Crippen LogP contribution in [0.15, 0.2) is 18.2 Å². The summed E-state index contributed by atoms with van der Waals surface area (Å²) in [6.45, 7) is 3.29. The lowest BCUT2D eigenvalue weighted by Crippen LogP contribution is -2.47. The highest BCUT2D eigenvalue weighted by molar-refractivity contribution is 5.85. The van der Waals surface area contributed by atoms with Crippen molar-refractivity contribution in [1.29, 1.82) is 0 Å². The van der Waals surface area contributed by atoms with E-state index < -0.39 is 17.6 Å². The van der Waals surface area contributed by atoms with E-state index in [1.165, 1.54) is 6.07 Å². The minimum atomic E-state index is -4.50. The molecule has 144 valence electrons. The second-order valence-electron chi connectivity index (χ2n) is 6.51. The zero-order valence-corrected chi connectivity index (χ0v) is 15.5. The highest BCUT2D eigenvalue weighted by Gasteiger charge is 2.36. The van der Waals surface area contributed by atoms with E-state index in [0.29, 0.717) is 17.5 Å². The first-order valence-electron chi connectivity index (χ1n) is 8.28. The molecular formula is C17H24Cl2F4N2. The van der Waals surface area contributed by atoms with Gasteiger partial charge in [0.15, 0.2) is 0 Å². The maximum Gasteiger partial charge on any atom is 0.416 e. The van der Waals surface area contributed by atoms with Crippen LogP contribution in [0.5, 0.6) is 0 Å². The fourth-order valence-corrected chi connectivity index (χ4v) is 3.93. The zero-order chi connectivity index (χ0) is 16.4. The van der Waals surface area contributed by atoms with Gasteiger partial charge < -0.3 is 5.32 Å². The van der Waals surface area contributed by atoms with Crippen LogP contribution in [0, 0.1) is 11.7 Å². The molecule has 8 heteroatoms. The standard InChI is InChI=1S/C17H22F4N2.2ClH/c18-15-11-13(17(19,20)21)5-6-14(15)16(12-3-1-2-4-12)23-9-7-22-8-10-23;;/h5-6,11-12,16,22H,1-4,7-10H2;2*1H/t16-;;/m0../s1. The van der Waals surface area contributed by atoms with Crippen molar-refractivity contribution in [2.24, 2.45) is 5.92 Å². The van der Waals surface area contributed by atoms with Crippen molar-refractivity contribution in [3.05, 3.63) is 35.1 Å². The smallest absolute Gasteiger partial charge is 0.314 e. The fourth-order valence-electron chi connectivity index (χ4n) is 3.93. The van der Waals surface area contributed by atoms with E-state index in [4.69, 9.17) is 0 Å². The SMILES string of the molecule is Cl.Cl.Fc1cc(C(F)(F)F)ccc1[C@H](C1CCCC1)N1CCNCC1. The highest BCUT2D eigenvalue weighted by atomic mass is 35.5. The normalized spacial score (nSPS) is 20.6. The van der Waals surface area contributed by atoms with Gasteiger partial charge in [0.05, 0.1) is 5.56 Å². The van der Waals surface area contributed by atoms with Crippen LogP contribution in [0.4, 0.5) is 17.6 Å². The average molecular weight is 403 g/mol. The topological polar surface area (TPSA) is 15.3 Å². The summed E-state index contributed by atoms with van der Waals surface area (Å²) < 4.78 is 52.8. The molecule has 0 amide bonds. The predicted octanol–water partition coefficient (Wildman–Crippen LogP) is 4.82. The lowest BCUT2D eigenvalue weighted by atomic mass is 9.89. The van der Waals surface area contributed by atoms with E-state index >= 15 is 0 Å². The zero-order valence-electron chi connectivity index (χ0n) is 13.8. The van der Waals surface area contributed by atoms with Gasteiger partial charge in [-0.05, 0) is 30.9 Å². The van der Waals surface area contributed by atoms with Crippen LogP contribution in [0.2, 0.25) is 0 Å². The number of alkyl halides is 3. The van der Waals surface area contributed by atoms with Crippen LogP contribution in [-0.2, 0) is 6.18 Å². The minimum absolute atomic E-state index is 0. The van der Waals surface area contributed by atoms with E-state index in [2.05, 4.69) is 10.2 Å². The van der Waals surface area contributed by atoms with Crippen LogP contribution < -0.4 is 5.32 Å². The maximum atomic E-state index is 14.5. The van der Waals surface area contributed by atoms with Crippen molar-refractivity contribution in [1.82, 2.24) is 10.2 Å². The van der Waals surface area contributed by atoms with Crippen molar-refractivity contribution in [3.8, 4) is 0 Å². The third kappa shape index (κ3) is 5.22. The van der Waals surface area contributed by atoms with Crippen molar-refractivity contribution in [2.75, 3.05) is 26.2 Å². The first-order chi connectivity index (χ1) is 11.0. The Kier molecular flexibility index (Phi) is 8.45. The molecule has 0 spiro atoms. The van der Waals surface area contributed by atoms with Crippen molar-refractivity contribution >= 4 is 24.8 Å². The Bertz CT molecular complexity index is 542. The van der Waals surface area contributed by atoms with E-state index in [-0.39, 0.29) is 30.9 Å². The summed E-state index contributed by atoms with van der Waals surface area (Å²) in [6.07, 6.45) is -0.216. The molecule has 1 aliphatic carbocycles. The average Bonchev–Trinajstić information content (AvgIpc) is 3.03. The van der Waals surface area contributed by atoms with Gasteiger partial charge in [0, 0.05) is 37.8 Å². The molecule has 1 saturated heterocycles. The van der Waals surface area contributed by atoms with Gasteiger partial charge in [-0.25, -0.2) is 4.39 Å². The molecule has 3 rings (SSSR count). The summed E-state index contributed by atoms with van der Waals surface area (Å²) in [5.41, 5.74) is -0.490. The Labute approximate surface area is 158 Å². The van der Waals surface area contributed by atoms with Crippen molar-refractivity contribution < 1.29 is 17.6 Å². The Hall–Kier alpha value is -0.560. The number of hydrogen-bond donors (Lipinski definition) is 1. The molecule has 1 N–H and O–H groups in total. The molecule has 2 aliphatic rings. The van der Waals surface area contributed by atoms with Gasteiger partial charge in [0.25, 0.3) is 0 Å². The number of nitrogens with zero attached hydrogens (tertiary/aromatic N) is 1. The number of rotatable bonds is 3. The molecule has 2 fully saturated rings. The summed E-state index contributed by atoms with van der Waals surface area (Å²) in [5.74, 6) is -0.394. The van der Waals surface area contributed by atoms with Gasteiger partial charge >= 0.3 is 6.18 Å². The first kappa shape index (κ1) is 22.5. The predicted molar refractivity (Wildman–Crippen MR) is 95.0 cm³/mol. The number of nitrogens with one attached hydrogen (secondary N) is 1. The summed E-state index contributed by atoms with van der Waals surface area (Å²) >= 11 is 0. The fraction of sp³-hybridized carbons (Fsp3) is 0.647. The molecule has 1 aromatic rings. The lowest BCUT2D eigenvalue weighted by molar-refractivity contribution is -0.137. The van der Waals surface area contributed by atoms with Crippen LogP contribution in [0.3, 0.4) is 0 Å². The van der Waals surface area contributed by atoms with Gasteiger partial charge in [-0.1, -0.05) is 18.9 Å². The first-order valence-corrected chi connectivity index (χ1v) is 8.28. The quantitative estimate of drug-likeness (QED) is 0.728. The molecule has 0 unspecified atom stereocenters. The van der Waals surface area contributed by atoms with Crippen molar-refractivity contribution in [3.63, 3.8) is 0 Å². The molecule has 1 atom stereocenters. The van der Waals surface area contributed by atoms with Gasteiger partial charge in [-0.3, -0.25) is 4.90 Å². The Balaban J connectivity index is 0.00000156. The molecule has 1 aliphatic heterocycles. The van der Waals surface area contributed by atoms with E-state index in [1.54, 1.807) is 0 Å². The molecule has 1 saturated carbocycles. The van der Waals surface area contributed by atoms with Crippen LogP contribution >= 0.6 is 24.8 Å². The molecule has 0 radical (unpaired) electrons. The van der Waals surface area contributed by atoms with Crippen LogP contribution in [0.1, 0.15) is 42.9 Å². The Morgan fingerprint density at radius 1 is 1.04 bits per heavy atom. The van der Waals surface area contributed by atoms with E-state index in [0.717, 1.165) is 57.9 Å². The lowest BCUT2D eigenvalue weighted by Gasteiger charge is -2.38. The Morgan fingerprint density at radius 3 is 2.16 bits per heavy atom. The third-order valence-electron chi connectivity index (χ3n) is 5.04. The summed E-state index contributed by atoms with van der Waals surface area (Å²) in [6, 6.07) is 2.91. The maximum absolute atomic E-state index is 14.5. The molecule has 0 bridgehead atoms. The van der Waals surface area contributed by atoms with Gasteiger partial charge in [-0.15, -0.1) is 24.8 Å². The molecule has 2 nitrogen and oxygen atoms in total. The number of halogens is 6. The molecular weight excluding hydrogens is 379 g/mol. The minimum Gasteiger partial charge on any atom is -0.314 e. The van der Waals surface area contributed by atoms with Gasteiger partial charge in [0.1, 0.15) is 5.82 Å². The summed E-state index contributed by atoms with van der Waals surface area (Å²) in [4.78, 5) is 2.23. The second kappa shape index (κ2) is 9.40. The largest absolute Gasteiger partial charge is 0.416 e. The summed E-state index contributed by atoms with van der Waals surface area (Å²) in [7, 11) is 0. The Morgan fingerprint density at radius 2 is 1.64 bits per heavy atom. The van der Waals surface area contributed by atoms with Gasteiger partial charge in [0.2, 0.25) is 0 Å². The van der Waals surface area contributed by atoms with E-state index in [9.17, 15) is 17.6 Å². The second-order valence-corrected chi connectivity index (χ2v) is 6.51. The van der Waals surface area contributed by atoms with Crippen LogP contribution in [0.25, 0.3) is 0 Å². The summed E-state index contributed by atoms with van der Waals surface area (Å²) in [5, 5.41) is 3.27. The molecule has 25 heavy (non-hydrogen) atoms. The number of benzene rings is 1. The van der Waals surface area contributed by atoms with Crippen molar-refractivity contribution in [2.45, 2.75) is 37.9 Å². The van der Waals surface area contributed by atoms with Gasteiger partial charge in [-0.2, -0.15) is 13.2 Å². The monoisotopic (exact) mass is 402 g/mol. The number of piperazine rings is 1.